The molecule has 1 saturated heterocycles. The number of amides is 1. The van der Waals surface area contributed by atoms with E-state index < -0.39 is 34.2 Å². The van der Waals surface area contributed by atoms with Crippen LogP contribution in [-0.2, 0) is 23.9 Å². The number of hydrogen-bond acceptors (Lipinski definition) is 7. The van der Waals surface area contributed by atoms with Crippen molar-refractivity contribution < 1.29 is 23.9 Å². The molecule has 27 heavy (non-hydrogen) atoms. The molecule has 3 unspecified atom stereocenters. The number of esters is 2. The summed E-state index contributed by atoms with van der Waals surface area (Å²) in [6.07, 6.45) is 1.45. The van der Waals surface area contributed by atoms with Crippen LogP contribution in [0.15, 0.2) is 22.6 Å². The molecule has 2 rings (SSSR count). The van der Waals surface area contributed by atoms with Crippen molar-refractivity contribution >= 4 is 76.2 Å². The predicted octanol–water partition coefficient (Wildman–Crippen LogP) is 3.72. The van der Waals surface area contributed by atoms with E-state index in [1.54, 1.807) is 6.92 Å². The molecule has 0 aromatic heterocycles. The summed E-state index contributed by atoms with van der Waals surface area (Å²) >= 11 is 19.7. The van der Waals surface area contributed by atoms with Gasteiger partial charge in [0.15, 0.2) is 10.5 Å². The molecule has 2 aliphatic rings. The van der Waals surface area contributed by atoms with E-state index in [1.807, 2.05) is 6.92 Å². The summed E-state index contributed by atoms with van der Waals surface area (Å²) in [6.45, 7) is 7.06. The average Bonchev–Trinajstić information content (AvgIpc) is 2.94. The molecule has 0 aliphatic carbocycles. The summed E-state index contributed by atoms with van der Waals surface area (Å²) in [4.78, 5) is 37.6. The van der Waals surface area contributed by atoms with Gasteiger partial charge in [0, 0.05) is 0 Å². The highest BCUT2D eigenvalue weighted by molar-refractivity contribution is 8.22. The molecule has 0 bridgehead atoms. The van der Waals surface area contributed by atoms with Crippen LogP contribution in [0.2, 0.25) is 0 Å². The number of ether oxygens (including phenoxy) is 2. The summed E-state index contributed by atoms with van der Waals surface area (Å²) in [5.41, 5.74) is -0.989. The van der Waals surface area contributed by atoms with Crippen molar-refractivity contribution in [3.63, 3.8) is 0 Å². The Hall–Kier alpha value is -0.540. The third-order valence-electron chi connectivity index (χ3n) is 3.88. The highest BCUT2D eigenvalue weighted by atomic mass is 35.5. The third-order valence-corrected chi connectivity index (χ3v) is 7.48. The van der Waals surface area contributed by atoms with Gasteiger partial charge >= 0.3 is 11.9 Å². The number of nitrogens with zero attached hydrogens (tertiary/aromatic N) is 1. The van der Waals surface area contributed by atoms with Gasteiger partial charge in [0.1, 0.15) is 12.0 Å². The first-order chi connectivity index (χ1) is 12.7. The van der Waals surface area contributed by atoms with Gasteiger partial charge in [0.05, 0.1) is 16.1 Å². The van der Waals surface area contributed by atoms with Crippen molar-refractivity contribution in [3.05, 3.63) is 22.6 Å². The quantitative estimate of drug-likeness (QED) is 0.218. The number of hydrogen-bond donors (Lipinski definition) is 0. The minimum absolute atomic E-state index is 0.0467. The van der Waals surface area contributed by atoms with E-state index in [1.165, 1.54) is 34.5 Å². The van der Waals surface area contributed by atoms with Gasteiger partial charge in [-0.25, -0.2) is 4.79 Å². The molecule has 0 aromatic carbocycles. The number of rotatable bonds is 9. The van der Waals surface area contributed by atoms with Crippen LogP contribution >= 0.6 is 58.3 Å². The molecule has 4 atom stereocenters. The number of β-lactam (4-membered cyclic amide) rings is 1. The van der Waals surface area contributed by atoms with Crippen LogP contribution < -0.4 is 0 Å². The van der Waals surface area contributed by atoms with Crippen molar-refractivity contribution in [2.24, 2.45) is 11.8 Å². The normalized spacial score (nSPS) is 23.6. The first-order valence-corrected chi connectivity index (χ1v) is 11.2. The molecule has 0 N–H and O–H groups in total. The van der Waals surface area contributed by atoms with Crippen LogP contribution in [0.25, 0.3) is 0 Å². The Kier molecular flexibility index (Phi) is 8.24. The maximum Gasteiger partial charge on any atom is 0.357 e. The Bertz CT molecular complexity index is 672. The van der Waals surface area contributed by atoms with Crippen LogP contribution in [0, 0.1) is 11.8 Å². The second kappa shape index (κ2) is 9.78. The maximum absolute atomic E-state index is 12.7. The second-order valence-electron chi connectivity index (χ2n) is 5.61. The van der Waals surface area contributed by atoms with Crippen LogP contribution in [0.3, 0.4) is 0 Å². The Morgan fingerprint density at radius 2 is 2.07 bits per heavy atom. The van der Waals surface area contributed by atoms with Gasteiger partial charge in [-0.05, 0) is 5.75 Å². The van der Waals surface area contributed by atoms with Gasteiger partial charge in [-0.2, -0.15) is 0 Å². The van der Waals surface area contributed by atoms with E-state index >= 15 is 0 Å². The van der Waals surface area contributed by atoms with Crippen LogP contribution in [0.1, 0.15) is 13.8 Å². The molecule has 0 saturated carbocycles. The van der Waals surface area contributed by atoms with Gasteiger partial charge in [-0.1, -0.05) is 73.1 Å². The minimum atomic E-state index is -1.21. The molecule has 2 aliphatic heterocycles. The zero-order chi connectivity index (χ0) is 20.3. The first-order valence-electron chi connectivity index (χ1n) is 8.02. The maximum atomic E-state index is 12.7. The zero-order valence-electron chi connectivity index (χ0n) is 14.5. The largest absolute Gasteiger partial charge is 0.457 e. The van der Waals surface area contributed by atoms with Gasteiger partial charge in [0.2, 0.25) is 11.5 Å². The van der Waals surface area contributed by atoms with Crippen molar-refractivity contribution in [2.75, 3.05) is 12.4 Å². The van der Waals surface area contributed by atoms with Crippen molar-refractivity contribution in [1.82, 2.24) is 4.90 Å². The Balaban J connectivity index is 2.13. The molecule has 1 amide bonds. The topological polar surface area (TPSA) is 72.9 Å². The van der Waals surface area contributed by atoms with Gasteiger partial charge in [-0.3, -0.25) is 14.5 Å². The number of halogens is 3. The highest BCUT2D eigenvalue weighted by Gasteiger charge is 2.59. The highest BCUT2D eigenvalue weighted by Crippen LogP contribution is 2.55. The van der Waals surface area contributed by atoms with Crippen LogP contribution in [0.4, 0.5) is 0 Å². The molecule has 6 nitrogen and oxygen atoms in total. The molecular weight excluding hydrogens is 457 g/mol. The molecule has 1 fully saturated rings. The number of carbonyl (C=O) groups excluding carboxylic acids is 3. The summed E-state index contributed by atoms with van der Waals surface area (Å²) in [5.74, 6) is -2.29. The molecule has 11 heteroatoms. The molecule has 0 spiro atoms. The fourth-order valence-electron chi connectivity index (χ4n) is 2.61. The Morgan fingerprint density at radius 1 is 1.41 bits per heavy atom. The van der Waals surface area contributed by atoms with Gasteiger partial charge in [-0.15, -0.1) is 11.8 Å². The van der Waals surface area contributed by atoms with Gasteiger partial charge < -0.3 is 9.47 Å². The average molecular weight is 475 g/mol. The lowest BCUT2D eigenvalue weighted by molar-refractivity contribution is -0.165. The summed E-state index contributed by atoms with van der Waals surface area (Å²) < 4.78 is 10.8. The molecule has 0 aromatic rings. The van der Waals surface area contributed by atoms with Crippen molar-refractivity contribution in [3.8, 4) is 0 Å². The molecule has 0 radical (unpaired) electrons. The minimum Gasteiger partial charge on any atom is -0.457 e. The SMILES string of the molecule is C=CCOC(=O)C1=C(SCC)S[C@@H]2C(C(C)C(=O)OC(Cl)C(Cl)Cl)C(=O)N12. The lowest BCUT2D eigenvalue weighted by atomic mass is 9.85. The lowest BCUT2D eigenvalue weighted by Crippen LogP contribution is -2.60. The summed E-state index contributed by atoms with van der Waals surface area (Å²) in [5, 5.41) is -0.378. The Labute approximate surface area is 180 Å². The van der Waals surface area contributed by atoms with E-state index in [0.29, 0.717) is 4.24 Å². The van der Waals surface area contributed by atoms with Crippen LogP contribution in [-0.4, -0.2) is 50.9 Å². The lowest BCUT2D eigenvalue weighted by Gasteiger charge is -2.44. The molecule has 150 valence electrons. The predicted molar refractivity (Wildman–Crippen MR) is 108 cm³/mol. The van der Waals surface area contributed by atoms with E-state index in [2.05, 4.69) is 6.58 Å². The van der Waals surface area contributed by atoms with Crippen LogP contribution in [0.5, 0.6) is 0 Å². The molecular formula is C16H18Cl3NO5S2. The Morgan fingerprint density at radius 3 is 2.63 bits per heavy atom. The number of alkyl halides is 3. The standard InChI is InChI=1S/C16H18Cl3NO5S2/c1-4-6-24-15(23)9-16(26-5-2)27-13-8(12(21)20(9)13)7(3)14(22)25-11(19)10(17)18/h4,7-8,10-11,13H,1,5-6H2,2-3H3/t7?,8?,11?,13-/m1/s1. The number of thioether (sulfide) groups is 2. The van der Waals surface area contributed by atoms with E-state index in [4.69, 9.17) is 44.3 Å². The van der Waals surface area contributed by atoms with E-state index in [0.717, 1.165) is 5.75 Å². The third kappa shape index (κ3) is 4.72. The van der Waals surface area contributed by atoms with Crippen molar-refractivity contribution in [1.29, 1.82) is 0 Å². The fraction of sp³-hybridized carbons (Fsp3) is 0.562. The summed E-state index contributed by atoms with van der Waals surface area (Å²) in [7, 11) is 0. The smallest absolute Gasteiger partial charge is 0.357 e. The first kappa shape index (κ1) is 22.7. The van der Waals surface area contributed by atoms with E-state index in [-0.39, 0.29) is 23.6 Å². The van der Waals surface area contributed by atoms with Crippen molar-refractivity contribution in [2.45, 2.75) is 29.6 Å². The monoisotopic (exact) mass is 473 g/mol. The number of carbonyl (C=O) groups is 3. The second-order valence-corrected chi connectivity index (χ2v) is 9.86. The van der Waals surface area contributed by atoms with Gasteiger partial charge in [0.25, 0.3) is 0 Å². The summed E-state index contributed by atoms with van der Waals surface area (Å²) in [6, 6.07) is 0. The zero-order valence-corrected chi connectivity index (χ0v) is 18.4. The molecule has 2 heterocycles. The fourth-order valence-corrected chi connectivity index (χ4v) is 5.63. The number of fused-ring (bicyclic) bond motifs is 1. The van der Waals surface area contributed by atoms with E-state index in [9.17, 15) is 14.4 Å².